The minimum Gasteiger partial charge on any atom is -0.366 e. The van der Waals surface area contributed by atoms with Gasteiger partial charge in [-0.2, -0.15) is 11.3 Å². The lowest BCUT2D eigenvalue weighted by atomic mass is 10.1. The quantitative estimate of drug-likeness (QED) is 0.684. The molecule has 1 N–H and O–H groups in total. The standard InChI is InChI=1S/C19H17N3S/c1-14-4-8-20-19-18(14)17(12-21-19)22-9-5-15(6-10-22)2-3-16-7-11-23-13-16/h4-5,7-8,11-13H,6,9-10H2,1H3,(H,20,21). The fourth-order valence-corrected chi connectivity index (χ4v) is 3.53. The molecule has 0 spiro atoms. The average molecular weight is 319 g/mol. The summed E-state index contributed by atoms with van der Waals surface area (Å²) >= 11 is 1.69. The van der Waals surface area contributed by atoms with Gasteiger partial charge in [-0.15, -0.1) is 0 Å². The van der Waals surface area contributed by atoms with E-state index in [1.165, 1.54) is 22.2 Å². The molecule has 0 atom stereocenters. The number of thiophene rings is 1. The number of aromatic nitrogens is 2. The third-order valence-electron chi connectivity index (χ3n) is 4.20. The van der Waals surface area contributed by atoms with Gasteiger partial charge in [-0.3, -0.25) is 0 Å². The van der Waals surface area contributed by atoms with Crippen molar-refractivity contribution in [2.75, 3.05) is 18.0 Å². The molecule has 4 rings (SSSR count). The maximum atomic E-state index is 4.41. The number of rotatable bonds is 1. The molecule has 0 aromatic carbocycles. The van der Waals surface area contributed by atoms with Crippen LogP contribution in [0.5, 0.6) is 0 Å². The molecule has 4 heteroatoms. The van der Waals surface area contributed by atoms with Crippen LogP contribution in [0.2, 0.25) is 0 Å². The molecule has 4 heterocycles. The molecule has 0 unspecified atom stereocenters. The van der Waals surface area contributed by atoms with Gasteiger partial charge in [0.25, 0.3) is 0 Å². The van der Waals surface area contributed by atoms with Crippen LogP contribution in [0.1, 0.15) is 17.5 Å². The van der Waals surface area contributed by atoms with Crippen molar-refractivity contribution in [2.45, 2.75) is 13.3 Å². The monoisotopic (exact) mass is 319 g/mol. The van der Waals surface area contributed by atoms with Crippen LogP contribution in [0, 0.1) is 18.8 Å². The normalized spacial score (nSPS) is 14.5. The summed E-state index contributed by atoms with van der Waals surface area (Å²) in [7, 11) is 0. The second-order valence-electron chi connectivity index (χ2n) is 5.71. The van der Waals surface area contributed by atoms with Gasteiger partial charge < -0.3 is 9.88 Å². The Hall–Kier alpha value is -2.51. The van der Waals surface area contributed by atoms with Crippen LogP contribution in [0.4, 0.5) is 5.69 Å². The van der Waals surface area contributed by atoms with Crippen molar-refractivity contribution < 1.29 is 0 Å². The van der Waals surface area contributed by atoms with E-state index < -0.39 is 0 Å². The van der Waals surface area contributed by atoms with E-state index in [4.69, 9.17) is 0 Å². The summed E-state index contributed by atoms with van der Waals surface area (Å²) in [5.74, 6) is 6.55. The zero-order valence-corrected chi connectivity index (χ0v) is 13.8. The molecule has 0 fully saturated rings. The summed E-state index contributed by atoms with van der Waals surface area (Å²) in [6, 6.07) is 4.13. The fraction of sp³-hybridized carbons (Fsp3) is 0.211. The Labute approximate surface area is 139 Å². The summed E-state index contributed by atoms with van der Waals surface area (Å²) < 4.78 is 0. The number of aryl methyl sites for hydroxylation is 1. The van der Waals surface area contributed by atoms with Crippen molar-refractivity contribution in [2.24, 2.45) is 0 Å². The molecule has 3 nitrogen and oxygen atoms in total. The number of fused-ring (bicyclic) bond motifs is 1. The van der Waals surface area contributed by atoms with Crippen molar-refractivity contribution in [3.8, 4) is 11.8 Å². The van der Waals surface area contributed by atoms with E-state index >= 15 is 0 Å². The molecule has 0 saturated carbocycles. The highest BCUT2D eigenvalue weighted by molar-refractivity contribution is 7.08. The highest BCUT2D eigenvalue weighted by Crippen LogP contribution is 2.30. The van der Waals surface area contributed by atoms with Gasteiger partial charge in [0.2, 0.25) is 0 Å². The molecule has 0 aliphatic carbocycles. The van der Waals surface area contributed by atoms with Gasteiger partial charge in [-0.25, -0.2) is 4.98 Å². The number of hydrogen-bond donors (Lipinski definition) is 1. The molecule has 0 radical (unpaired) electrons. The molecule has 3 aromatic heterocycles. The number of aromatic amines is 1. The first-order valence-electron chi connectivity index (χ1n) is 7.72. The topological polar surface area (TPSA) is 31.9 Å². The Morgan fingerprint density at radius 1 is 1.30 bits per heavy atom. The fourth-order valence-electron chi connectivity index (χ4n) is 2.94. The van der Waals surface area contributed by atoms with E-state index in [-0.39, 0.29) is 0 Å². The molecule has 23 heavy (non-hydrogen) atoms. The molecule has 1 aliphatic heterocycles. The number of nitrogens with zero attached hydrogens (tertiary/aromatic N) is 2. The van der Waals surface area contributed by atoms with Crippen LogP contribution < -0.4 is 4.90 Å². The Morgan fingerprint density at radius 2 is 2.26 bits per heavy atom. The molecule has 0 saturated heterocycles. The summed E-state index contributed by atoms with van der Waals surface area (Å²) in [6.45, 7) is 4.03. The summed E-state index contributed by atoms with van der Waals surface area (Å²) in [5, 5.41) is 5.38. The van der Waals surface area contributed by atoms with Gasteiger partial charge in [0.1, 0.15) is 5.65 Å². The van der Waals surface area contributed by atoms with E-state index in [1.54, 1.807) is 11.3 Å². The summed E-state index contributed by atoms with van der Waals surface area (Å²) in [6.07, 6.45) is 7.16. The van der Waals surface area contributed by atoms with Gasteiger partial charge in [-0.1, -0.05) is 17.9 Å². The van der Waals surface area contributed by atoms with Crippen LogP contribution in [0.25, 0.3) is 11.0 Å². The minimum atomic E-state index is 0.898. The molecular weight excluding hydrogens is 302 g/mol. The van der Waals surface area contributed by atoms with E-state index in [2.05, 4.69) is 68.8 Å². The molecular formula is C19H17N3S. The van der Waals surface area contributed by atoms with Crippen LogP contribution in [-0.4, -0.2) is 23.1 Å². The number of hydrogen-bond acceptors (Lipinski definition) is 3. The molecule has 114 valence electrons. The van der Waals surface area contributed by atoms with E-state index in [0.717, 1.165) is 30.7 Å². The van der Waals surface area contributed by atoms with E-state index in [9.17, 15) is 0 Å². The minimum absolute atomic E-state index is 0.898. The first-order valence-corrected chi connectivity index (χ1v) is 8.66. The van der Waals surface area contributed by atoms with E-state index in [0.29, 0.717) is 0 Å². The van der Waals surface area contributed by atoms with Crippen molar-refractivity contribution in [1.29, 1.82) is 0 Å². The SMILES string of the molecule is Cc1ccnc2[nH]cc(N3CC=C(C#Cc4ccsc4)CC3)c12. The first-order chi connectivity index (χ1) is 11.3. The van der Waals surface area contributed by atoms with Crippen molar-refractivity contribution in [3.63, 3.8) is 0 Å². The number of nitrogens with one attached hydrogen (secondary N) is 1. The Kier molecular flexibility index (Phi) is 3.64. The summed E-state index contributed by atoms with van der Waals surface area (Å²) in [5.41, 5.74) is 5.82. The highest BCUT2D eigenvalue weighted by atomic mass is 32.1. The highest BCUT2D eigenvalue weighted by Gasteiger charge is 2.16. The van der Waals surface area contributed by atoms with E-state index in [1.807, 2.05) is 6.20 Å². The largest absolute Gasteiger partial charge is 0.366 e. The van der Waals surface area contributed by atoms with Gasteiger partial charge in [0.05, 0.1) is 5.69 Å². The van der Waals surface area contributed by atoms with Gasteiger partial charge >= 0.3 is 0 Å². The number of anilines is 1. The molecule has 0 amide bonds. The third kappa shape index (κ3) is 2.76. The van der Waals surface area contributed by atoms with Crippen LogP contribution >= 0.6 is 11.3 Å². The molecule has 3 aromatic rings. The Bertz CT molecular complexity index is 923. The van der Waals surface area contributed by atoms with Gasteiger partial charge in [-0.05, 0) is 36.4 Å². The zero-order chi connectivity index (χ0) is 15.6. The van der Waals surface area contributed by atoms with Crippen molar-refractivity contribution >= 4 is 28.1 Å². The summed E-state index contributed by atoms with van der Waals surface area (Å²) in [4.78, 5) is 10.1. The predicted molar refractivity (Wildman–Crippen MR) is 96.9 cm³/mol. The smallest absolute Gasteiger partial charge is 0.139 e. The zero-order valence-electron chi connectivity index (χ0n) is 13.0. The maximum absolute atomic E-state index is 4.41. The van der Waals surface area contributed by atoms with Gasteiger partial charge in [0.15, 0.2) is 0 Å². The lowest BCUT2D eigenvalue weighted by molar-refractivity contribution is 0.807. The van der Waals surface area contributed by atoms with Crippen LogP contribution in [0.15, 0.2) is 46.9 Å². The lowest BCUT2D eigenvalue weighted by Gasteiger charge is -2.26. The first kappa shape index (κ1) is 14.1. The predicted octanol–water partition coefficient (Wildman–Crippen LogP) is 4.12. The Balaban J connectivity index is 1.57. The molecule has 1 aliphatic rings. The average Bonchev–Trinajstić information content (AvgIpc) is 3.24. The second-order valence-corrected chi connectivity index (χ2v) is 6.49. The third-order valence-corrected chi connectivity index (χ3v) is 4.88. The van der Waals surface area contributed by atoms with Crippen LogP contribution in [-0.2, 0) is 0 Å². The van der Waals surface area contributed by atoms with Crippen LogP contribution in [0.3, 0.4) is 0 Å². The lowest BCUT2D eigenvalue weighted by Crippen LogP contribution is -2.28. The molecule has 0 bridgehead atoms. The number of pyridine rings is 1. The second kappa shape index (κ2) is 5.94. The van der Waals surface area contributed by atoms with Crippen molar-refractivity contribution in [1.82, 2.24) is 9.97 Å². The van der Waals surface area contributed by atoms with Gasteiger partial charge in [0, 0.05) is 47.4 Å². The maximum Gasteiger partial charge on any atom is 0.139 e. The Morgan fingerprint density at radius 3 is 3.04 bits per heavy atom. The van der Waals surface area contributed by atoms with Crippen molar-refractivity contribution in [3.05, 3.63) is 58.1 Å². The number of H-pyrrole nitrogens is 1.